The van der Waals surface area contributed by atoms with Gasteiger partial charge in [0, 0.05) is 33.0 Å². The van der Waals surface area contributed by atoms with Crippen LogP contribution in [0.4, 0.5) is 5.69 Å². The Morgan fingerprint density at radius 1 is 1.45 bits per heavy atom. The van der Waals surface area contributed by atoms with Gasteiger partial charge in [-0.3, -0.25) is 9.78 Å². The van der Waals surface area contributed by atoms with Crippen LogP contribution in [0.2, 0.25) is 0 Å². The van der Waals surface area contributed by atoms with Crippen LogP contribution in [-0.4, -0.2) is 45.2 Å². The number of hydrogen-bond acceptors (Lipinski definition) is 6. The molecule has 0 unspecified atom stereocenters. The molecule has 0 fully saturated rings. The van der Waals surface area contributed by atoms with Crippen LogP contribution in [0.5, 0.6) is 0 Å². The highest BCUT2D eigenvalue weighted by Gasteiger charge is 2.17. The second-order valence-corrected chi connectivity index (χ2v) is 4.65. The molecule has 8 nitrogen and oxygen atoms in total. The third-order valence-electron chi connectivity index (χ3n) is 2.88. The molecule has 0 spiro atoms. The first kappa shape index (κ1) is 13.9. The average Bonchev–Trinajstić information content (AvgIpc) is 2.85. The van der Waals surface area contributed by atoms with E-state index in [1.807, 2.05) is 32.0 Å². The van der Waals surface area contributed by atoms with Gasteiger partial charge in [-0.2, -0.15) is 0 Å². The molecule has 1 amide bonds. The Morgan fingerprint density at radius 2 is 2.20 bits per heavy atom. The lowest BCUT2D eigenvalue weighted by Gasteiger charge is -2.14. The van der Waals surface area contributed by atoms with Gasteiger partial charge in [-0.25, -0.2) is 4.68 Å². The van der Waals surface area contributed by atoms with Gasteiger partial charge >= 0.3 is 0 Å². The first-order chi connectivity index (χ1) is 9.49. The van der Waals surface area contributed by atoms with Gasteiger partial charge in [-0.15, -0.1) is 5.10 Å². The highest BCUT2D eigenvalue weighted by atomic mass is 16.1. The van der Waals surface area contributed by atoms with Crippen LogP contribution in [0.3, 0.4) is 0 Å². The SMILES string of the molecule is C[C@@H](NC(=O)c1cc(N(C)C)ccn1)c1nnnn1C. The summed E-state index contributed by atoms with van der Waals surface area (Å²) in [4.78, 5) is 18.2. The highest BCUT2D eigenvalue weighted by molar-refractivity contribution is 5.93. The minimum Gasteiger partial charge on any atom is -0.378 e. The van der Waals surface area contributed by atoms with Crippen molar-refractivity contribution in [3.63, 3.8) is 0 Å². The lowest BCUT2D eigenvalue weighted by Crippen LogP contribution is -2.29. The number of carbonyl (C=O) groups excluding carboxylic acids is 1. The van der Waals surface area contributed by atoms with Gasteiger partial charge in [-0.05, 0) is 29.5 Å². The van der Waals surface area contributed by atoms with Crippen molar-refractivity contribution in [2.24, 2.45) is 7.05 Å². The molecule has 0 aliphatic rings. The number of pyridine rings is 1. The van der Waals surface area contributed by atoms with Crippen LogP contribution in [-0.2, 0) is 7.05 Å². The normalized spacial score (nSPS) is 12.0. The summed E-state index contributed by atoms with van der Waals surface area (Å²) in [6.45, 7) is 1.82. The minimum absolute atomic E-state index is 0.260. The summed E-state index contributed by atoms with van der Waals surface area (Å²) in [5.74, 6) is 0.325. The lowest BCUT2D eigenvalue weighted by atomic mass is 10.2. The van der Waals surface area contributed by atoms with E-state index in [0.29, 0.717) is 11.5 Å². The minimum atomic E-state index is -0.299. The van der Waals surface area contributed by atoms with Crippen molar-refractivity contribution in [3.05, 3.63) is 29.8 Å². The fourth-order valence-electron chi connectivity index (χ4n) is 1.76. The van der Waals surface area contributed by atoms with Crippen molar-refractivity contribution < 1.29 is 4.79 Å². The number of hydrogen-bond donors (Lipinski definition) is 1. The predicted octanol–water partition coefficient (Wildman–Crippen LogP) is 0.162. The molecule has 0 aliphatic heterocycles. The third-order valence-corrected chi connectivity index (χ3v) is 2.88. The molecule has 2 aromatic rings. The van der Waals surface area contributed by atoms with Crippen LogP contribution in [0.25, 0.3) is 0 Å². The Balaban J connectivity index is 2.12. The van der Waals surface area contributed by atoms with Gasteiger partial charge in [0.15, 0.2) is 5.82 Å². The molecule has 0 saturated heterocycles. The van der Waals surface area contributed by atoms with Crippen molar-refractivity contribution >= 4 is 11.6 Å². The summed E-state index contributed by atoms with van der Waals surface area (Å²) < 4.78 is 1.52. The van der Waals surface area contributed by atoms with E-state index < -0.39 is 0 Å². The maximum absolute atomic E-state index is 12.2. The van der Waals surface area contributed by atoms with E-state index in [0.717, 1.165) is 5.69 Å². The summed E-state index contributed by atoms with van der Waals surface area (Å²) in [7, 11) is 5.54. The number of amides is 1. The first-order valence-electron chi connectivity index (χ1n) is 6.15. The summed E-state index contributed by atoms with van der Waals surface area (Å²) in [6, 6.07) is 3.27. The number of aromatic nitrogens is 5. The van der Waals surface area contributed by atoms with Gasteiger partial charge in [-0.1, -0.05) is 0 Å². The molecule has 0 aromatic carbocycles. The van der Waals surface area contributed by atoms with E-state index in [4.69, 9.17) is 0 Å². The Hall–Kier alpha value is -2.51. The number of rotatable bonds is 4. The van der Waals surface area contributed by atoms with Crippen LogP contribution in [0.1, 0.15) is 29.3 Å². The van der Waals surface area contributed by atoms with Gasteiger partial charge in [0.2, 0.25) is 0 Å². The summed E-state index contributed by atoms with van der Waals surface area (Å²) >= 11 is 0. The zero-order chi connectivity index (χ0) is 14.7. The maximum Gasteiger partial charge on any atom is 0.270 e. The van der Waals surface area contributed by atoms with Crippen molar-refractivity contribution in [2.75, 3.05) is 19.0 Å². The molecule has 2 rings (SSSR count). The number of anilines is 1. The molecule has 20 heavy (non-hydrogen) atoms. The molecule has 0 bridgehead atoms. The Morgan fingerprint density at radius 3 is 2.80 bits per heavy atom. The van der Waals surface area contributed by atoms with Crippen LogP contribution in [0, 0.1) is 0 Å². The maximum atomic E-state index is 12.2. The molecular weight excluding hydrogens is 258 g/mol. The van der Waals surface area contributed by atoms with E-state index in [-0.39, 0.29) is 11.9 Å². The highest BCUT2D eigenvalue weighted by Crippen LogP contribution is 2.12. The summed E-state index contributed by atoms with van der Waals surface area (Å²) in [5, 5.41) is 14.0. The molecule has 2 heterocycles. The average molecular weight is 275 g/mol. The topological polar surface area (TPSA) is 88.8 Å². The molecule has 0 aliphatic carbocycles. The zero-order valence-electron chi connectivity index (χ0n) is 11.9. The van der Waals surface area contributed by atoms with E-state index in [2.05, 4.69) is 25.8 Å². The quantitative estimate of drug-likeness (QED) is 0.855. The summed E-state index contributed by atoms with van der Waals surface area (Å²) in [5.41, 5.74) is 1.27. The standard InChI is InChI=1S/C12H17N7O/c1-8(11-15-16-17-19(11)4)14-12(20)10-7-9(18(2)3)5-6-13-10/h5-8H,1-4H3,(H,14,20)/t8-/m1/s1. The Bertz CT molecular complexity index is 607. The van der Waals surface area contributed by atoms with Crippen molar-refractivity contribution in [1.29, 1.82) is 0 Å². The van der Waals surface area contributed by atoms with Gasteiger partial charge in [0.25, 0.3) is 5.91 Å². The molecule has 1 N–H and O–H groups in total. The first-order valence-corrected chi connectivity index (χ1v) is 6.15. The lowest BCUT2D eigenvalue weighted by molar-refractivity contribution is 0.0932. The fraction of sp³-hybridized carbons (Fsp3) is 0.417. The Labute approximate surface area is 116 Å². The monoisotopic (exact) mass is 275 g/mol. The van der Waals surface area contributed by atoms with Crippen LogP contribution < -0.4 is 10.2 Å². The van der Waals surface area contributed by atoms with Crippen molar-refractivity contribution in [1.82, 2.24) is 30.5 Å². The number of carbonyl (C=O) groups is 1. The van der Waals surface area contributed by atoms with E-state index in [9.17, 15) is 4.79 Å². The van der Waals surface area contributed by atoms with E-state index in [1.54, 1.807) is 19.3 Å². The molecule has 0 radical (unpaired) electrons. The Kier molecular flexibility index (Phi) is 3.92. The van der Waals surface area contributed by atoms with Crippen molar-refractivity contribution in [3.8, 4) is 0 Å². The second kappa shape index (κ2) is 5.64. The smallest absolute Gasteiger partial charge is 0.270 e. The predicted molar refractivity (Wildman–Crippen MR) is 73.2 cm³/mol. The molecule has 2 aromatic heterocycles. The van der Waals surface area contributed by atoms with Crippen LogP contribution in [0.15, 0.2) is 18.3 Å². The van der Waals surface area contributed by atoms with Crippen molar-refractivity contribution in [2.45, 2.75) is 13.0 Å². The second-order valence-electron chi connectivity index (χ2n) is 4.65. The van der Waals surface area contributed by atoms with Gasteiger partial charge in [0.1, 0.15) is 5.69 Å². The molecule has 0 saturated carbocycles. The van der Waals surface area contributed by atoms with Gasteiger partial charge in [0.05, 0.1) is 6.04 Å². The number of aryl methyl sites for hydroxylation is 1. The molecular formula is C12H17N7O. The number of tetrazole rings is 1. The molecule has 8 heteroatoms. The van der Waals surface area contributed by atoms with Gasteiger partial charge < -0.3 is 10.2 Å². The van der Waals surface area contributed by atoms with E-state index >= 15 is 0 Å². The largest absolute Gasteiger partial charge is 0.378 e. The molecule has 1 atom stereocenters. The van der Waals surface area contributed by atoms with E-state index in [1.165, 1.54) is 4.68 Å². The molecule has 106 valence electrons. The zero-order valence-corrected chi connectivity index (χ0v) is 11.9. The number of nitrogens with zero attached hydrogens (tertiary/aromatic N) is 6. The number of nitrogens with one attached hydrogen (secondary N) is 1. The fourth-order valence-corrected chi connectivity index (χ4v) is 1.76. The third kappa shape index (κ3) is 2.90. The summed E-state index contributed by atoms with van der Waals surface area (Å²) in [6.07, 6.45) is 1.61. The van der Waals surface area contributed by atoms with Crippen LogP contribution >= 0.6 is 0 Å².